The number of carbonyl (C=O) groups excluding carboxylic acids is 1. The van der Waals surface area contributed by atoms with E-state index in [4.69, 9.17) is 16.3 Å². The van der Waals surface area contributed by atoms with E-state index in [-0.39, 0.29) is 0 Å². The summed E-state index contributed by atoms with van der Waals surface area (Å²) in [6, 6.07) is 10.5. The van der Waals surface area contributed by atoms with E-state index in [0.717, 1.165) is 10.8 Å². The van der Waals surface area contributed by atoms with Crippen LogP contribution in [0.2, 0.25) is 5.02 Å². The van der Waals surface area contributed by atoms with Gasteiger partial charge in [-0.2, -0.15) is 0 Å². The lowest BCUT2D eigenvalue weighted by Crippen LogP contribution is -1.88. The summed E-state index contributed by atoms with van der Waals surface area (Å²) in [6.07, 6.45) is 0.778. The molecule has 0 aliphatic heterocycles. The predicted molar refractivity (Wildman–Crippen MR) is 78.8 cm³/mol. The molecule has 18 heavy (non-hydrogen) atoms. The number of halogens is 3. The first-order valence-electron chi connectivity index (χ1n) is 4.98. The molecular weight excluding hydrogens is 383 g/mol. The first kappa shape index (κ1) is 13.6. The zero-order chi connectivity index (χ0) is 13.1. The Kier molecular flexibility index (Phi) is 4.43. The SMILES string of the molecule is O=Cc1ccc(Oc2ccc(Br)cc2Cl)cc1Br. The summed E-state index contributed by atoms with van der Waals surface area (Å²) < 4.78 is 7.22. The van der Waals surface area contributed by atoms with E-state index in [2.05, 4.69) is 31.9 Å². The van der Waals surface area contributed by atoms with Crippen molar-refractivity contribution in [3.8, 4) is 11.5 Å². The Hall–Kier alpha value is -0.840. The Balaban J connectivity index is 2.28. The van der Waals surface area contributed by atoms with Gasteiger partial charge in [0.05, 0.1) is 5.02 Å². The Morgan fingerprint density at radius 2 is 1.89 bits per heavy atom. The third-order valence-corrected chi connectivity index (χ3v) is 3.70. The van der Waals surface area contributed by atoms with Crippen molar-refractivity contribution >= 4 is 49.7 Å². The van der Waals surface area contributed by atoms with Crippen LogP contribution >= 0.6 is 43.5 Å². The minimum absolute atomic E-state index is 0.514. The lowest BCUT2D eigenvalue weighted by molar-refractivity contribution is 0.112. The smallest absolute Gasteiger partial charge is 0.151 e. The van der Waals surface area contributed by atoms with Crippen molar-refractivity contribution in [1.82, 2.24) is 0 Å². The highest BCUT2D eigenvalue weighted by molar-refractivity contribution is 9.10. The van der Waals surface area contributed by atoms with Crippen molar-refractivity contribution in [2.45, 2.75) is 0 Å². The third-order valence-electron chi connectivity index (χ3n) is 2.22. The second kappa shape index (κ2) is 5.87. The van der Waals surface area contributed by atoms with Crippen LogP contribution in [-0.2, 0) is 0 Å². The van der Waals surface area contributed by atoms with E-state index < -0.39 is 0 Å². The van der Waals surface area contributed by atoms with E-state index in [1.807, 2.05) is 6.07 Å². The highest BCUT2D eigenvalue weighted by Gasteiger charge is 2.06. The van der Waals surface area contributed by atoms with Gasteiger partial charge in [-0.1, -0.05) is 27.5 Å². The number of ether oxygens (including phenoxy) is 1. The van der Waals surface area contributed by atoms with E-state index >= 15 is 0 Å². The topological polar surface area (TPSA) is 26.3 Å². The summed E-state index contributed by atoms with van der Waals surface area (Å²) in [5.74, 6) is 1.17. The average molecular weight is 390 g/mol. The normalized spacial score (nSPS) is 10.2. The van der Waals surface area contributed by atoms with Crippen molar-refractivity contribution < 1.29 is 9.53 Å². The second-order valence-corrected chi connectivity index (χ2v) is 5.66. The molecule has 0 spiro atoms. The van der Waals surface area contributed by atoms with Gasteiger partial charge in [-0.05, 0) is 52.3 Å². The molecule has 0 bridgehead atoms. The molecule has 0 heterocycles. The Morgan fingerprint density at radius 1 is 1.11 bits per heavy atom. The third kappa shape index (κ3) is 3.13. The zero-order valence-electron chi connectivity index (χ0n) is 8.99. The Morgan fingerprint density at radius 3 is 2.50 bits per heavy atom. The monoisotopic (exact) mass is 388 g/mol. The van der Waals surface area contributed by atoms with Crippen LogP contribution < -0.4 is 4.74 Å². The fourth-order valence-electron chi connectivity index (χ4n) is 1.35. The lowest BCUT2D eigenvalue weighted by atomic mass is 10.2. The second-order valence-electron chi connectivity index (χ2n) is 3.48. The molecule has 0 amide bonds. The zero-order valence-corrected chi connectivity index (χ0v) is 12.9. The van der Waals surface area contributed by atoms with Gasteiger partial charge in [-0.15, -0.1) is 0 Å². The maximum absolute atomic E-state index is 10.7. The summed E-state index contributed by atoms with van der Waals surface area (Å²) >= 11 is 12.7. The molecule has 0 fully saturated rings. The molecule has 2 aromatic carbocycles. The van der Waals surface area contributed by atoms with Crippen LogP contribution in [-0.4, -0.2) is 6.29 Å². The van der Waals surface area contributed by atoms with Gasteiger partial charge < -0.3 is 4.74 Å². The molecule has 2 rings (SSSR count). The number of benzene rings is 2. The van der Waals surface area contributed by atoms with Crippen LogP contribution in [0.3, 0.4) is 0 Å². The molecule has 92 valence electrons. The molecule has 0 N–H and O–H groups in total. The standard InChI is InChI=1S/C13H7Br2ClO2/c14-9-2-4-13(12(16)5-9)18-10-3-1-8(7-17)11(15)6-10/h1-7H. The molecule has 5 heteroatoms. The largest absolute Gasteiger partial charge is 0.456 e. The summed E-state index contributed by atoms with van der Waals surface area (Å²) in [4.78, 5) is 10.7. The van der Waals surface area contributed by atoms with Gasteiger partial charge in [0, 0.05) is 14.5 Å². The quantitative estimate of drug-likeness (QED) is 0.650. The molecule has 0 unspecified atom stereocenters. The summed E-state index contributed by atoms with van der Waals surface area (Å²) in [7, 11) is 0. The highest BCUT2D eigenvalue weighted by atomic mass is 79.9. The molecule has 2 aromatic rings. The van der Waals surface area contributed by atoms with Gasteiger partial charge in [0.15, 0.2) is 6.29 Å². The van der Waals surface area contributed by atoms with Gasteiger partial charge >= 0.3 is 0 Å². The molecule has 0 aliphatic rings. The molecular formula is C13H7Br2ClO2. The maximum atomic E-state index is 10.7. The van der Waals surface area contributed by atoms with Crippen LogP contribution in [0.1, 0.15) is 10.4 Å². The molecule has 0 aromatic heterocycles. The Labute approximate surface area is 126 Å². The van der Waals surface area contributed by atoms with Gasteiger partial charge in [0.25, 0.3) is 0 Å². The summed E-state index contributed by atoms with van der Waals surface area (Å²) in [5, 5.41) is 0.514. The summed E-state index contributed by atoms with van der Waals surface area (Å²) in [5.41, 5.74) is 0.573. The highest BCUT2D eigenvalue weighted by Crippen LogP contribution is 2.33. The molecule has 0 saturated carbocycles. The number of rotatable bonds is 3. The van der Waals surface area contributed by atoms with Crippen LogP contribution in [0.5, 0.6) is 11.5 Å². The van der Waals surface area contributed by atoms with Gasteiger partial charge in [-0.25, -0.2) is 0 Å². The predicted octanol–water partition coefficient (Wildman–Crippen LogP) is 5.47. The van der Waals surface area contributed by atoms with Gasteiger partial charge in [0.2, 0.25) is 0 Å². The van der Waals surface area contributed by atoms with Crippen LogP contribution in [0, 0.1) is 0 Å². The van der Waals surface area contributed by atoms with E-state index in [1.165, 1.54) is 0 Å². The van der Waals surface area contributed by atoms with Crippen LogP contribution in [0.15, 0.2) is 45.3 Å². The van der Waals surface area contributed by atoms with Crippen molar-refractivity contribution in [3.05, 3.63) is 55.9 Å². The minimum Gasteiger partial charge on any atom is -0.456 e. The van der Waals surface area contributed by atoms with Crippen molar-refractivity contribution in [2.75, 3.05) is 0 Å². The number of hydrogen-bond acceptors (Lipinski definition) is 2. The first-order valence-corrected chi connectivity index (χ1v) is 6.94. The van der Waals surface area contributed by atoms with Gasteiger partial charge in [-0.3, -0.25) is 4.79 Å². The lowest BCUT2D eigenvalue weighted by Gasteiger charge is -2.08. The molecule has 0 radical (unpaired) electrons. The molecule has 0 saturated heterocycles. The molecule has 0 atom stereocenters. The van der Waals surface area contributed by atoms with Crippen LogP contribution in [0.4, 0.5) is 0 Å². The van der Waals surface area contributed by atoms with Crippen LogP contribution in [0.25, 0.3) is 0 Å². The maximum Gasteiger partial charge on any atom is 0.151 e. The summed E-state index contributed by atoms with van der Waals surface area (Å²) in [6.45, 7) is 0. The fourth-order valence-corrected chi connectivity index (χ4v) is 2.52. The van der Waals surface area contributed by atoms with E-state index in [1.54, 1.807) is 30.3 Å². The molecule has 0 aliphatic carbocycles. The number of hydrogen-bond donors (Lipinski definition) is 0. The average Bonchev–Trinajstić information content (AvgIpc) is 2.33. The first-order chi connectivity index (χ1) is 8.60. The van der Waals surface area contributed by atoms with Crippen molar-refractivity contribution in [1.29, 1.82) is 0 Å². The van der Waals surface area contributed by atoms with Gasteiger partial charge in [0.1, 0.15) is 11.5 Å². The Bertz CT molecular complexity index is 600. The van der Waals surface area contributed by atoms with Crippen molar-refractivity contribution in [3.63, 3.8) is 0 Å². The number of aldehydes is 1. The number of carbonyl (C=O) groups is 1. The minimum atomic E-state index is 0.514. The fraction of sp³-hybridized carbons (Fsp3) is 0. The van der Waals surface area contributed by atoms with E-state index in [9.17, 15) is 4.79 Å². The van der Waals surface area contributed by atoms with E-state index in [0.29, 0.717) is 26.6 Å². The van der Waals surface area contributed by atoms with Crippen molar-refractivity contribution in [2.24, 2.45) is 0 Å². The molecule has 2 nitrogen and oxygen atoms in total.